The van der Waals surface area contributed by atoms with E-state index in [-0.39, 0.29) is 0 Å². The van der Waals surface area contributed by atoms with Crippen LogP contribution in [0, 0.1) is 20.8 Å². The third-order valence-electron chi connectivity index (χ3n) is 10.7. The van der Waals surface area contributed by atoms with Crippen molar-refractivity contribution in [3.63, 3.8) is 0 Å². The van der Waals surface area contributed by atoms with Crippen molar-refractivity contribution in [1.29, 1.82) is 0 Å². The molecule has 0 saturated heterocycles. The van der Waals surface area contributed by atoms with E-state index in [0.717, 1.165) is 98.1 Å². The quantitative estimate of drug-likeness (QED) is 0.103. The van der Waals surface area contributed by atoms with Crippen molar-refractivity contribution in [2.45, 2.75) is 61.1 Å². The molecule has 1 atom stereocenters. The van der Waals surface area contributed by atoms with Crippen LogP contribution in [0.3, 0.4) is 0 Å². The summed E-state index contributed by atoms with van der Waals surface area (Å²) in [6, 6.07) is 39.0. The minimum atomic E-state index is 0.511. The summed E-state index contributed by atoms with van der Waals surface area (Å²) in [5.74, 6) is 0. The van der Waals surface area contributed by atoms with E-state index < -0.39 is 0 Å². The Hall–Kier alpha value is -4.36. The van der Waals surface area contributed by atoms with Gasteiger partial charge in [-0.3, -0.25) is 4.98 Å². The number of nitrogens with zero attached hydrogens (tertiary/aromatic N) is 3. The van der Waals surface area contributed by atoms with Crippen molar-refractivity contribution >= 4 is 58.8 Å². The standard InChI is InChI=1S/C48H44N3PS3.CH4O/c1-29-5-9-32(10-6-29)45-30(2)7-8-31(3)46(33-11-17-36(53)18-12-33)40-24-26-42(50-40)48(35-15-21-38(55)22-16-35)44-28-27-43(51(44)52-4)47(41-25-23-39(45)49-41)34-13-19-37(54)20-14-34;1-2/h5-23,25,52-55H,24,26-28H2,1-4H3;2H,1H3. The number of rotatable bonds is 5. The van der Waals surface area contributed by atoms with E-state index in [0.29, 0.717) is 8.73 Å². The predicted molar refractivity (Wildman–Crippen MR) is 252 cm³/mol. The van der Waals surface area contributed by atoms with Gasteiger partial charge in [-0.15, -0.1) is 37.9 Å². The van der Waals surface area contributed by atoms with Crippen LogP contribution < -0.4 is 0 Å². The molecule has 3 aliphatic rings. The molecule has 4 aromatic carbocycles. The third-order valence-corrected chi connectivity index (χ3v) is 12.6. The summed E-state index contributed by atoms with van der Waals surface area (Å²) in [6.07, 6.45) is 7.94. The van der Waals surface area contributed by atoms with E-state index in [9.17, 15) is 0 Å². The lowest BCUT2D eigenvalue weighted by Crippen LogP contribution is -1.99. The smallest absolute Gasteiger partial charge is 0.0734 e. The molecule has 8 heteroatoms. The topological polar surface area (TPSA) is 50.9 Å². The summed E-state index contributed by atoms with van der Waals surface area (Å²) in [5, 5.41) is 7.00. The summed E-state index contributed by atoms with van der Waals surface area (Å²) in [6.45, 7) is 8.84. The molecule has 0 radical (unpaired) electrons. The molecule has 1 unspecified atom stereocenters. The fraction of sp³-hybridized carbons (Fsp3) is 0.184. The molecule has 5 aromatic rings. The zero-order valence-electron chi connectivity index (χ0n) is 33.0. The third kappa shape index (κ3) is 8.60. The van der Waals surface area contributed by atoms with Crippen molar-refractivity contribution in [3.05, 3.63) is 160 Å². The van der Waals surface area contributed by atoms with Crippen LogP contribution in [0.15, 0.2) is 124 Å². The molecule has 0 amide bonds. The molecule has 0 fully saturated rings. The van der Waals surface area contributed by atoms with Gasteiger partial charge in [0.15, 0.2) is 0 Å². The molecule has 3 aliphatic heterocycles. The Morgan fingerprint density at radius 2 is 0.860 bits per heavy atom. The Morgan fingerprint density at radius 3 is 1.37 bits per heavy atom. The van der Waals surface area contributed by atoms with E-state index in [2.05, 4.69) is 191 Å². The SMILES string of the molecule is CO.CPn1c2c(-c3ccc(S)cc3)c3nc(c(-c4ccc(C)cc4)c(C)ccc(C)c(-c4ccc(S)cc4)c4nc(c(-c5ccc(S)cc5)c1CC2)CC4)C=C3. The molecule has 288 valence electrons. The molecule has 0 aliphatic carbocycles. The van der Waals surface area contributed by atoms with Gasteiger partial charge >= 0.3 is 0 Å². The number of aliphatic hydroxyl groups excluding tert-OH is 1. The van der Waals surface area contributed by atoms with Crippen molar-refractivity contribution < 1.29 is 5.11 Å². The number of fused-ring (bicyclic) bond motifs is 6. The number of thiol groups is 3. The molecule has 57 heavy (non-hydrogen) atoms. The summed E-state index contributed by atoms with van der Waals surface area (Å²) >= 11 is 13.9. The van der Waals surface area contributed by atoms with Crippen molar-refractivity contribution in [2.75, 3.05) is 13.8 Å². The van der Waals surface area contributed by atoms with E-state index in [4.69, 9.17) is 15.1 Å². The van der Waals surface area contributed by atoms with Crippen LogP contribution in [0.2, 0.25) is 0 Å². The van der Waals surface area contributed by atoms with Crippen LogP contribution in [-0.2, 0) is 25.7 Å². The van der Waals surface area contributed by atoms with E-state index in [1.54, 1.807) is 0 Å². The average Bonchev–Trinajstić information content (AvgIpc) is 4.00. The first-order chi connectivity index (χ1) is 27.7. The zero-order valence-corrected chi connectivity index (χ0v) is 36.7. The lowest BCUT2D eigenvalue weighted by molar-refractivity contribution is 0.399. The number of aliphatic hydroxyl groups is 1. The van der Waals surface area contributed by atoms with E-state index in [1.807, 2.05) is 0 Å². The number of hydrogen-bond acceptors (Lipinski definition) is 6. The highest BCUT2D eigenvalue weighted by atomic mass is 32.1. The minimum absolute atomic E-state index is 0.511. The minimum Gasteiger partial charge on any atom is -0.400 e. The van der Waals surface area contributed by atoms with Crippen LogP contribution in [-0.4, -0.2) is 33.2 Å². The first-order valence-electron chi connectivity index (χ1n) is 19.2. The van der Waals surface area contributed by atoms with Gasteiger partial charge < -0.3 is 9.44 Å². The molecule has 8 rings (SSSR count). The highest BCUT2D eigenvalue weighted by Crippen LogP contribution is 2.41. The molecule has 1 aromatic heterocycles. The second-order valence-corrected chi connectivity index (χ2v) is 16.8. The molecular formula is C49H48N3OPS3. The second kappa shape index (κ2) is 18.1. The maximum atomic E-state index is 7.00. The number of aromatic nitrogens is 3. The molecule has 0 spiro atoms. The molecular weight excluding hydrogens is 774 g/mol. The van der Waals surface area contributed by atoms with Gasteiger partial charge in [0, 0.05) is 61.1 Å². The lowest BCUT2D eigenvalue weighted by atomic mass is 9.96. The number of aryl methyl sites for hydroxylation is 5. The zero-order chi connectivity index (χ0) is 40.2. The maximum Gasteiger partial charge on any atom is 0.0734 e. The van der Waals surface area contributed by atoms with Gasteiger partial charge in [0.05, 0.1) is 17.1 Å². The highest BCUT2D eigenvalue weighted by Gasteiger charge is 2.26. The van der Waals surface area contributed by atoms with Crippen LogP contribution in [0.4, 0.5) is 0 Å². The number of benzene rings is 4. The Kier molecular flexibility index (Phi) is 12.9. The van der Waals surface area contributed by atoms with Gasteiger partial charge in [0.2, 0.25) is 0 Å². The van der Waals surface area contributed by atoms with Crippen molar-refractivity contribution in [2.24, 2.45) is 0 Å². The predicted octanol–water partition coefficient (Wildman–Crippen LogP) is 12.5. The molecule has 4 heterocycles. The van der Waals surface area contributed by atoms with E-state index in [1.165, 1.54) is 44.8 Å². The second-order valence-electron chi connectivity index (χ2n) is 14.4. The van der Waals surface area contributed by atoms with Gasteiger partial charge in [-0.25, -0.2) is 4.98 Å². The van der Waals surface area contributed by atoms with Crippen LogP contribution in [0.25, 0.3) is 56.7 Å². The fourth-order valence-corrected chi connectivity index (χ4v) is 9.50. The van der Waals surface area contributed by atoms with Gasteiger partial charge in [0.25, 0.3) is 0 Å². The van der Waals surface area contributed by atoms with Crippen molar-refractivity contribution in [1.82, 2.24) is 14.3 Å². The monoisotopic (exact) mass is 821 g/mol. The summed E-state index contributed by atoms with van der Waals surface area (Å²) in [7, 11) is 1.51. The van der Waals surface area contributed by atoms with Crippen molar-refractivity contribution in [3.8, 4) is 44.5 Å². The fourth-order valence-electron chi connectivity index (χ4n) is 8.06. The van der Waals surface area contributed by atoms with Crippen LogP contribution in [0.1, 0.15) is 50.9 Å². The first kappa shape index (κ1) is 40.8. The Bertz CT molecular complexity index is 2560. The Balaban J connectivity index is 0.00000244. The van der Waals surface area contributed by atoms with Gasteiger partial charge in [-0.05, 0) is 144 Å². The first-order valence-corrected chi connectivity index (χ1v) is 22.0. The number of hydrogen-bond donors (Lipinski definition) is 4. The van der Waals surface area contributed by atoms with Gasteiger partial charge in [0.1, 0.15) is 0 Å². The van der Waals surface area contributed by atoms with Gasteiger partial charge in [-0.1, -0.05) is 78.4 Å². The van der Waals surface area contributed by atoms with Gasteiger partial charge in [-0.2, -0.15) is 0 Å². The van der Waals surface area contributed by atoms with E-state index >= 15 is 0 Å². The Morgan fingerprint density at radius 1 is 0.474 bits per heavy atom. The molecule has 6 bridgehead atoms. The summed E-state index contributed by atoms with van der Waals surface area (Å²) < 4.78 is 2.57. The maximum absolute atomic E-state index is 7.00. The van der Waals surface area contributed by atoms with Crippen LogP contribution in [0.5, 0.6) is 0 Å². The molecule has 1 N–H and O–H groups in total. The molecule has 0 saturated carbocycles. The summed E-state index contributed by atoms with van der Waals surface area (Å²) in [5.41, 5.74) is 19.7. The molecule has 4 nitrogen and oxygen atoms in total. The average molecular weight is 822 g/mol. The summed E-state index contributed by atoms with van der Waals surface area (Å²) in [4.78, 5) is 13.9. The normalized spacial score (nSPS) is 12.6. The largest absolute Gasteiger partial charge is 0.400 e. The van der Waals surface area contributed by atoms with Crippen LogP contribution >= 0.6 is 46.6 Å². The Labute approximate surface area is 355 Å². The highest BCUT2D eigenvalue weighted by molar-refractivity contribution is 7.80. The lowest BCUT2D eigenvalue weighted by Gasteiger charge is -2.15.